The van der Waals surface area contributed by atoms with Crippen LogP contribution in [0.4, 0.5) is 0 Å². The Labute approximate surface area is 134 Å². The first-order chi connectivity index (χ1) is 10.7. The highest BCUT2D eigenvalue weighted by atomic mass is 16.5. The molecule has 1 saturated carbocycles. The van der Waals surface area contributed by atoms with Crippen LogP contribution in [-0.2, 0) is 4.74 Å². The standard InChI is InChI=1S/C17H32N3O2/c1-18-4-2-15(3-5-18)14-20(16-12-17(21)13-16)7-6-19-8-10-22-11-9-19/h15-17,21H,1-14H2/q+1. The molecule has 0 aromatic carbocycles. The average Bonchev–Trinajstić information content (AvgIpc) is 2.51. The van der Waals surface area contributed by atoms with Crippen LogP contribution in [0.15, 0.2) is 0 Å². The van der Waals surface area contributed by atoms with Crippen LogP contribution in [0.5, 0.6) is 0 Å². The third kappa shape index (κ3) is 4.51. The molecule has 0 radical (unpaired) electrons. The number of aliphatic hydroxyl groups is 1. The molecule has 2 saturated heterocycles. The topological polar surface area (TPSA) is 39.0 Å². The van der Waals surface area contributed by atoms with Gasteiger partial charge in [-0.1, -0.05) is 0 Å². The normalized spacial score (nSPS) is 31.5. The van der Waals surface area contributed by atoms with Crippen molar-refractivity contribution in [3.05, 3.63) is 0 Å². The zero-order valence-corrected chi connectivity index (χ0v) is 13.8. The van der Waals surface area contributed by atoms with Crippen molar-refractivity contribution >= 4 is 6.72 Å². The molecule has 5 heteroatoms. The van der Waals surface area contributed by atoms with Crippen LogP contribution < -0.4 is 0 Å². The van der Waals surface area contributed by atoms with Crippen LogP contribution in [0.25, 0.3) is 0 Å². The second-order valence-electron chi connectivity index (χ2n) is 7.29. The molecule has 3 fully saturated rings. The first kappa shape index (κ1) is 16.4. The first-order valence-corrected chi connectivity index (χ1v) is 8.98. The van der Waals surface area contributed by atoms with Crippen molar-refractivity contribution in [3.63, 3.8) is 0 Å². The summed E-state index contributed by atoms with van der Waals surface area (Å²) in [6.07, 6.45) is 4.42. The van der Waals surface area contributed by atoms with E-state index in [0.29, 0.717) is 6.04 Å². The summed E-state index contributed by atoms with van der Waals surface area (Å²) < 4.78 is 7.63. The average molecular weight is 310 g/mol. The molecule has 0 bridgehead atoms. The molecule has 22 heavy (non-hydrogen) atoms. The maximum Gasteiger partial charge on any atom is 0.142 e. The smallest absolute Gasteiger partial charge is 0.142 e. The van der Waals surface area contributed by atoms with Crippen LogP contribution in [0.3, 0.4) is 0 Å². The van der Waals surface area contributed by atoms with Gasteiger partial charge in [-0.25, -0.2) is 4.58 Å². The van der Waals surface area contributed by atoms with Gasteiger partial charge in [0.25, 0.3) is 0 Å². The quantitative estimate of drug-likeness (QED) is 0.715. The van der Waals surface area contributed by atoms with Crippen molar-refractivity contribution in [2.75, 3.05) is 59.0 Å². The molecule has 0 aromatic rings. The summed E-state index contributed by atoms with van der Waals surface area (Å²) in [4.78, 5) is 5.18. The van der Waals surface area contributed by atoms with E-state index in [1.54, 1.807) is 0 Å². The predicted molar refractivity (Wildman–Crippen MR) is 87.7 cm³/mol. The fourth-order valence-electron chi connectivity index (χ4n) is 3.88. The fourth-order valence-corrected chi connectivity index (χ4v) is 3.88. The molecule has 0 spiro atoms. The molecule has 1 N–H and O–H groups in total. The Morgan fingerprint density at radius 2 is 1.86 bits per heavy atom. The Morgan fingerprint density at radius 1 is 1.18 bits per heavy atom. The summed E-state index contributed by atoms with van der Waals surface area (Å²) in [6, 6.07) is 0.605. The van der Waals surface area contributed by atoms with Crippen molar-refractivity contribution in [1.82, 2.24) is 9.80 Å². The van der Waals surface area contributed by atoms with Crippen molar-refractivity contribution in [3.8, 4) is 0 Å². The second-order valence-corrected chi connectivity index (χ2v) is 7.29. The van der Waals surface area contributed by atoms with Gasteiger partial charge in [-0.15, -0.1) is 0 Å². The van der Waals surface area contributed by atoms with Gasteiger partial charge >= 0.3 is 0 Å². The van der Waals surface area contributed by atoms with Gasteiger partial charge in [0.05, 0.1) is 19.3 Å². The Morgan fingerprint density at radius 3 is 2.50 bits per heavy atom. The minimum Gasteiger partial charge on any atom is -0.393 e. The van der Waals surface area contributed by atoms with Gasteiger partial charge in [0.15, 0.2) is 0 Å². The Bertz CT molecular complexity index is 355. The summed E-state index contributed by atoms with van der Waals surface area (Å²) in [5, 5.41) is 9.66. The van der Waals surface area contributed by atoms with Crippen molar-refractivity contribution in [2.45, 2.75) is 37.8 Å². The van der Waals surface area contributed by atoms with Gasteiger partial charge in [-0.3, -0.25) is 9.80 Å². The monoisotopic (exact) mass is 310 g/mol. The molecular weight excluding hydrogens is 278 g/mol. The number of hydrogen-bond donors (Lipinski definition) is 1. The lowest BCUT2D eigenvalue weighted by atomic mass is 9.86. The predicted octanol–water partition coefficient (Wildman–Crippen LogP) is 0.267. The molecule has 0 unspecified atom stereocenters. The number of rotatable bonds is 6. The lowest BCUT2D eigenvalue weighted by Crippen LogP contribution is -2.52. The minimum absolute atomic E-state index is 0.0578. The van der Waals surface area contributed by atoms with E-state index < -0.39 is 0 Å². The van der Waals surface area contributed by atoms with Crippen molar-refractivity contribution in [2.24, 2.45) is 5.92 Å². The molecule has 3 aliphatic rings. The Hall–Kier alpha value is -0.490. The van der Waals surface area contributed by atoms with Gasteiger partial charge in [0.1, 0.15) is 19.8 Å². The molecule has 5 nitrogen and oxygen atoms in total. The van der Waals surface area contributed by atoms with Crippen LogP contribution in [0.2, 0.25) is 0 Å². The maximum atomic E-state index is 9.66. The van der Waals surface area contributed by atoms with E-state index >= 15 is 0 Å². The maximum absolute atomic E-state index is 9.66. The summed E-state index contributed by atoms with van der Waals surface area (Å²) in [6.45, 7) is 13.7. The van der Waals surface area contributed by atoms with E-state index in [4.69, 9.17) is 4.74 Å². The lowest BCUT2D eigenvalue weighted by Gasteiger charge is -2.43. The molecule has 1 aliphatic carbocycles. The highest BCUT2D eigenvalue weighted by Gasteiger charge is 2.34. The molecule has 0 aromatic heterocycles. The first-order valence-electron chi connectivity index (χ1n) is 8.98. The lowest BCUT2D eigenvalue weighted by molar-refractivity contribution is -0.532. The SMILES string of the molecule is C=[N+]1CCC(CN(CCN2CCOCC2)C2CC(O)C2)CC1. The van der Waals surface area contributed by atoms with E-state index in [-0.39, 0.29) is 6.10 Å². The number of nitrogens with zero attached hydrogens (tertiary/aromatic N) is 3. The number of hydrogen-bond acceptors (Lipinski definition) is 4. The molecule has 3 rings (SSSR count). The number of aliphatic hydroxyl groups excluding tert-OH is 1. The van der Waals surface area contributed by atoms with E-state index in [1.807, 2.05) is 0 Å². The van der Waals surface area contributed by atoms with Crippen LogP contribution >= 0.6 is 0 Å². The van der Waals surface area contributed by atoms with Gasteiger partial charge < -0.3 is 9.84 Å². The highest BCUT2D eigenvalue weighted by Crippen LogP contribution is 2.27. The third-order valence-corrected chi connectivity index (χ3v) is 5.61. The molecule has 0 atom stereocenters. The van der Waals surface area contributed by atoms with Crippen molar-refractivity contribution < 1.29 is 14.4 Å². The van der Waals surface area contributed by atoms with Gasteiger partial charge in [0, 0.05) is 51.6 Å². The summed E-state index contributed by atoms with van der Waals surface area (Å²) >= 11 is 0. The third-order valence-electron chi connectivity index (χ3n) is 5.61. The second kappa shape index (κ2) is 7.86. The summed E-state index contributed by atoms with van der Waals surface area (Å²) in [5.74, 6) is 0.806. The molecular formula is C17H32N3O2+. The van der Waals surface area contributed by atoms with E-state index in [9.17, 15) is 5.11 Å². The van der Waals surface area contributed by atoms with E-state index in [2.05, 4.69) is 21.1 Å². The molecule has 126 valence electrons. The Kier molecular flexibility index (Phi) is 5.85. The largest absolute Gasteiger partial charge is 0.393 e. The molecule has 0 amide bonds. The molecule has 2 heterocycles. The van der Waals surface area contributed by atoms with Crippen LogP contribution in [-0.4, -0.2) is 97.4 Å². The zero-order valence-electron chi connectivity index (χ0n) is 13.8. The zero-order chi connectivity index (χ0) is 15.4. The number of ether oxygens (including phenoxy) is 1. The summed E-state index contributed by atoms with van der Waals surface area (Å²) in [7, 11) is 0. The fraction of sp³-hybridized carbons (Fsp3) is 0.941. The Balaban J connectivity index is 1.47. The number of morpholine rings is 1. The van der Waals surface area contributed by atoms with Gasteiger partial charge in [-0.05, 0) is 18.8 Å². The molecule has 2 aliphatic heterocycles. The minimum atomic E-state index is -0.0578. The van der Waals surface area contributed by atoms with Gasteiger partial charge in [-0.2, -0.15) is 0 Å². The van der Waals surface area contributed by atoms with Crippen molar-refractivity contribution in [1.29, 1.82) is 0 Å². The van der Waals surface area contributed by atoms with Crippen LogP contribution in [0, 0.1) is 5.92 Å². The number of piperidine rings is 1. The van der Waals surface area contributed by atoms with Gasteiger partial charge in [0.2, 0.25) is 0 Å². The summed E-state index contributed by atoms with van der Waals surface area (Å²) in [5.41, 5.74) is 0. The van der Waals surface area contributed by atoms with E-state index in [0.717, 1.165) is 71.2 Å². The van der Waals surface area contributed by atoms with Crippen LogP contribution in [0.1, 0.15) is 25.7 Å². The van der Waals surface area contributed by atoms with E-state index in [1.165, 1.54) is 19.4 Å². The highest BCUT2D eigenvalue weighted by molar-refractivity contribution is 5.14.